The number of rotatable bonds is 6. The van der Waals surface area contributed by atoms with E-state index < -0.39 is 15.8 Å². The van der Waals surface area contributed by atoms with Crippen molar-refractivity contribution in [2.75, 3.05) is 11.8 Å². The van der Waals surface area contributed by atoms with Gasteiger partial charge >= 0.3 is 0 Å². The molecule has 1 heterocycles. The van der Waals surface area contributed by atoms with Crippen LogP contribution in [0.4, 0.5) is 10.1 Å². The molecule has 0 unspecified atom stereocenters. The Morgan fingerprint density at radius 1 is 1.03 bits per heavy atom. The number of halogens is 4. The van der Waals surface area contributed by atoms with Gasteiger partial charge in [0.15, 0.2) is 4.34 Å². The van der Waals surface area contributed by atoms with Crippen LogP contribution in [0.25, 0.3) is 10.2 Å². The fourth-order valence-electron chi connectivity index (χ4n) is 2.76. The summed E-state index contributed by atoms with van der Waals surface area (Å²) in [5.41, 5.74) is 0.920. The molecule has 0 spiro atoms. The SMILES string of the molecule is COc1ccc2sc(Sc3c(Cl)cc(NS(=O)(=O)c4ccc(F)cc4Cl)cc3Cl)nc2c1. The minimum Gasteiger partial charge on any atom is -0.497 e. The summed E-state index contributed by atoms with van der Waals surface area (Å²) in [5.74, 6) is 0.0583. The van der Waals surface area contributed by atoms with Crippen molar-refractivity contribution in [3.8, 4) is 5.75 Å². The summed E-state index contributed by atoms with van der Waals surface area (Å²) in [6, 6.07) is 11.5. The van der Waals surface area contributed by atoms with Gasteiger partial charge in [0.05, 0.1) is 43.0 Å². The molecule has 0 aliphatic heterocycles. The van der Waals surface area contributed by atoms with E-state index >= 15 is 0 Å². The molecular weight excluding hydrogens is 538 g/mol. The second-order valence-electron chi connectivity index (χ2n) is 6.36. The Balaban J connectivity index is 1.61. The lowest BCUT2D eigenvalue weighted by atomic mass is 10.3. The number of hydrogen-bond donors (Lipinski definition) is 1. The van der Waals surface area contributed by atoms with Crippen molar-refractivity contribution in [3.63, 3.8) is 0 Å². The summed E-state index contributed by atoms with van der Waals surface area (Å²) >= 11 is 21.4. The maximum Gasteiger partial charge on any atom is 0.263 e. The molecule has 4 aromatic rings. The Labute approximate surface area is 206 Å². The molecule has 32 heavy (non-hydrogen) atoms. The van der Waals surface area contributed by atoms with E-state index in [1.54, 1.807) is 7.11 Å². The average molecular weight is 550 g/mol. The Morgan fingerprint density at radius 2 is 1.75 bits per heavy atom. The molecular formula is C20H12Cl3FN2O3S3. The standard InChI is InChI=1S/C20H12Cl3FN2O3S3/c1-29-12-3-4-17-16(9-12)25-20(30-17)31-19-14(22)7-11(8-15(19)23)26-32(27,28)18-5-2-10(24)6-13(18)21/h2-9,26H,1H3. The molecule has 0 aliphatic rings. The minimum atomic E-state index is -4.08. The quantitative estimate of drug-likeness (QED) is 0.272. The molecule has 12 heteroatoms. The smallest absolute Gasteiger partial charge is 0.263 e. The first-order valence-electron chi connectivity index (χ1n) is 8.75. The molecule has 0 amide bonds. The topological polar surface area (TPSA) is 68.3 Å². The Bertz CT molecular complexity index is 1420. The van der Waals surface area contributed by atoms with Gasteiger partial charge in [-0.25, -0.2) is 17.8 Å². The maximum atomic E-state index is 13.3. The molecule has 0 saturated carbocycles. The molecule has 4 rings (SSSR count). The number of benzene rings is 3. The van der Waals surface area contributed by atoms with Crippen LogP contribution in [0.5, 0.6) is 5.75 Å². The molecule has 0 saturated heterocycles. The van der Waals surface area contributed by atoms with Crippen LogP contribution in [0.1, 0.15) is 0 Å². The molecule has 0 aliphatic carbocycles. The molecule has 5 nitrogen and oxygen atoms in total. The van der Waals surface area contributed by atoms with Crippen molar-refractivity contribution in [1.29, 1.82) is 0 Å². The number of sulfonamides is 1. The van der Waals surface area contributed by atoms with Crippen molar-refractivity contribution in [2.45, 2.75) is 14.1 Å². The van der Waals surface area contributed by atoms with Gasteiger partial charge in [0.2, 0.25) is 0 Å². The van der Waals surface area contributed by atoms with Crippen molar-refractivity contribution < 1.29 is 17.5 Å². The number of hydrogen-bond acceptors (Lipinski definition) is 6. The van der Waals surface area contributed by atoms with Crippen LogP contribution >= 0.6 is 57.9 Å². The van der Waals surface area contributed by atoms with Crippen LogP contribution in [-0.2, 0) is 10.0 Å². The Morgan fingerprint density at radius 3 is 2.41 bits per heavy atom. The van der Waals surface area contributed by atoms with Gasteiger partial charge in [-0.15, -0.1) is 11.3 Å². The summed E-state index contributed by atoms with van der Waals surface area (Å²) in [5, 5.41) is 0.235. The van der Waals surface area contributed by atoms with Gasteiger partial charge in [0.25, 0.3) is 10.0 Å². The third-order valence-electron chi connectivity index (χ3n) is 4.20. The molecule has 1 aromatic heterocycles. The number of ether oxygens (including phenoxy) is 1. The highest BCUT2D eigenvalue weighted by Gasteiger charge is 2.20. The lowest BCUT2D eigenvalue weighted by Gasteiger charge is -2.12. The largest absolute Gasteiger partial charge is 0.497 e. The van der Waals surface area contributed by atoms with Gasteiger partial charge in [-0.05, 0) is 42.5 Å². The predicted octanol–water partition coefficient (Wildman–Crippen LogP) is 7.36. The monoisotopic (exact) mass is 548 g/mol. The van der Waals surface area contributed by atoms with E-state index in [1.165, 1.54) is 35.2 Å². The third-order valence-corrected chi connectivity index (χ3v) is 9.12. The van der Waals surface area contributed by atoms with Crippen molar-refractivity contribution >= 4 is 83.8 Å². The number of aromatic nitrogens is 1. The molecule has 0 atom stereocenters. The zero-order chi connectivity index (χ0) is 23.0. The van der Waals surface area contributed by atoms with E-state index in [0.717, 1.165) is 28.4 Å². The normalized spacial score (nSPS) is 11.7. The van der Waals surface area contributed by atoms with Crippen LogP contribution in [0.15, 0.2) is 62.7 Å². The second-order valence-corrected chi connectivity index (χ2v) is 11.5. The number of thiazole rings is 1. The Hall–Kier alpha value is -1.75. The number of anilines is 1. The van der Waals surface area contributed by atoms with Gasteiger partial charge in [-0.1, -0.05) is 46.6 Å². The number of nitrogens with zero attached hydrogens (tertiary/aromatic N) is 1. The third kappa shape index (κ3) is 4.93. The highest BCUT2D eigenvalue weighted by atomic mass is 35.5. The summed E-state index contributed by atoms with van der Waals surface area (Å²) in [7, 11) is -2.50. The number of nitrogens with one attached hydrogen (secondary N) is 1. The van der Waals surface area contributed by atoms with Gasteiger partial charge in [0.1, 0.15) is 16.5 Å². The number of methoxy groups -OCH3 is 1. The van der Waals surface area contributed by atoms with Gasteiger partial charge < -0.3 is 4.74 Å². The number of fused-ring (bicyclic) bond motifs is 1. The van der Waals surface area contributed by atoms with E-state index in [0.29, 0.717) is 15.0 Å². The molecule has 0 radical (unpaired) electrons. The van der Waals surface area contributed by atoms with Crippen LogP contribution in [0.3, 0.4) is 0 Å². The van der Waals surface area contributed by atoms with Gasteiger partial charge in [-0.3, -0.25) is 4.72 Å². The van der Waals surface area contributed by atoms with Crippen LogP contribution in [0.2, 0.25) is 15.1 Å². The summed E-state index contributed by atoms with van der Waals surface area (Å²) < 4.78 is 47.8. The minimum absolute atomic E-state index is 0.138. The highest BCUT2D eigenvalue weighted by molar-refractivity contribution is 8.01. The molecule has 0 fully saturated rings. The van der Waals surface area contributed by atoms with E-state index in [-0.39, 0.29) is 25.7 Å². The van der Waals surface area contributed by atoms with Crippen molar-refractivity contribution in [1.82, 2.24) is 4.98 Å². The van der Waals surface area contributed by atoms with Gasteiger partial charge in [-0.2, -0.15) is 0 Å². The first kappa shape index (κ1) is 23.4. The average Bonchev–Trinajstić information content (AvgIpc) is 3.11. The van der Waals surface area contributed by atoms with E-state index in [9.17, 15) is 12.8 Å². The zero-order valence-electron chi connectivity index (χ0n) is 16.0. The fraction of sp³-hybridized carbons (Fsp3) is 0.0500. The second kappa shape index (κ2) is 9.24. The van der Waals surface area contributed by atoms with Crippen molar-refractivity contribution in [2.24, 2.45) is 0 Å². The predicted molar refractivity (Wildman–Crippen MR) is 129 cm³/mol. The first-order chi connectivity index (χ1) is 15.2. The summed E-state index contributed by atoms with van der Waals surface area (Å²) in [4.78, 5) is 4.83. The first-order valence-corrected chi connectivity index (χ1v) is 13.0. The molecule has 0 bridgehead atoms. The van der Waals surface area contributed by atoms with Crippen LogP contribution in [-0.4, -0.2) is 20.5 Å². The van der Waals surface area contributed by atoms with Crippen LogP contribution in [0, 0.1) is 5.82 Å². The molecule has 1 N–H and O–H groups in total. The van der Waals surface area contributed by atoms with E-state index in [2.05, 4.69) is 9.71 Å². The van der Waals surface area contributed by atoms with E-state index in [1.807, 2.05) is 18.2 Å². The molecule has 166 valence electrons. The summed E-state index contributed by atoms with van der Waals surface area (Å²) in [6.45, 7) is 0. The van der Waals surface area contributed by atoms with Gasteiger partial charge in [0, 0.05) is 6.07 Å². The zero-order valence-corrected chi connectivity index (χ0v) is 20.7. The highest BCUT2D eigenvalue weighted by Crippen LogP contribution is 2.43. The van der Waals surface area contributed by atoms with Crippen LogP contribution < -0.4 is 9.46 Å². The lowest BCUT2D eigenvalue weighted by Crippen LogP contribution is -2.13. The van der Waals surface area contributed by atoms with E-state index in [4.69, 9.17) is 39.5 Å². The fourth-order valence-corrected chi connectivity index (χ4v) is 7.05. The Kier molecular flexibility index (Phi) is 6.76. The summed E-state index contributed by atoms with van der Waals surface area (Å²) in [6.07, 6.45) is 0. The maximum absolute atomic E-state index is 13.3. The lowest BCUT2D eigenvalue weighted by molar-refractivity contribution is 0.415. The molecule has 3 aromatic carbocycles. The van der Waals surface area contributed by atoms with Crippen molar-refractivity contribution in [3.05, 3.63) is 69.4 Å².